The number of hydrogen-bond donors (Lipinski definition) is 0. The fourth-order valence-corrected chi connectivity index (χ4v) is 3.06. The van der Waals surface area contributed by atoms with Crippen molar-refractivity contribution in [2.24, 2.45) is 0 Å². The Morgan fingerprint density at radius 1 is 1.00 bits per heavy atom. The minimum Gasteiger partial charge on any atom is -0.495 e. The Labute approximate surface area is 134 Å². The molecule has 0 amide bonds. The van der Waals surface area contributed by atoms with Gasteiger partial charge in [-0.2, -0.15) is 0 Å². The van der Waals surface area contributed by atoms with Crippen molar-refractivity contribution in [1.82, 2.24) is 0 Å². The van der Waals surface area contributed by atoms with Crippen molar-refractivity contribution in [1.29, 1.82) is 0 Å². The molecule has 0 radical (unpaired) electrons. The quantitative estimate of drug-likeness (QED) is 0.599. The second-order valence-corrected chi connectivity index (χ2v) is 5.46. The molecule has 0 fully saturated rings. The van der Waals surface area contributed by atoms with Gasteiger partial charge in [-0.25, -0.2) is 4.79 Å². The number of thioether (sulfide) groups is 1. The highest BCUT2D eigenvalue weighted by molar-refractivity contribution is 7.98. The van der Waals surface area contributed by atoms with Crippen LogP contribution in [0.3, 0.4) is 0 Å². The van der Waals surface area contributed by atoms with Gasteiger partial charge in [0.15, 0.2) is 0 Å². The Balaban J connectivity index is 2.31. The maximum absolute atomic E-state index is 11.7. The van der Waals surface area contributed by atoms with E-state index in [2.05, 4.69) is 12.1 Å². The Morgan fingerprint density at radius 3 is 2.09 bits per heavy atom. The summed E-state index contributed by atoms with van der Waals surface area (Å²) in [5, 5.41) is 0. The summed E-state index contributed by atoms with van der Waals surface area (Å²) in [6.07, 6.45) is 0. The van der Waals surface area contributed by atoms with Crippen LogP contribution in [0, 0.1) is 0 Å². The zero-order valence-corrected chi connectivity index (χ0v) is 13.6. The molecule has 0 bridgehead atoms. The largest absolute Gasteiger partial charge is 0.495 e. The van der Waals surface area contributed by atoms with E-state index in [0.29, 0.717) is 17.1 Å². The monoisotopic (exact) mass is 318 g/mol. The molecule has 116 valence electrons. The fraction of sp³-hybridized carbons (Fsp3) is 0.235. The summed E-state index contributed by atoms with van der Waals surface area (Å²) in [6.45, 7) is 0. The molecule has 0 spiro atoms. The fourth-order valence-electron chi connectivity index (χ4n) is 1.99. The van der Waals surface area contributed by atoms with Crippen molar-refractivity contribution in [3.8, 4) is 11.5 Å². The first-order chi connectivity index (χ1) is 10.7. The van der Waals surface area contributed by atoms with Crippen LogP contribution < -0.4 is 9.47 Å². The molecule has 0 aliphatic rings. The highest BCUT2D eigenvalue weighted by atomic mass is 32.2. The van der Waals surface area contributed by atoms with Gasteiger partial charge in [0.2, 0.25) is 0 Å². The Kier molecular flexibility index (Phi) is 5.72. The Morgan fingerprint density at radius 2 is 1.59 bits per heavy atom. The molecule has 0 aliphatic carbocycles. The predicted octanol–water partition coefficient (Wildman–Crippen LogP) is 3.78. The van der Waals surface area contributed by atoms with Gasteiger partial charge >= 0.3 is 5.97 Å². The van der Waals surface area contributed by atoms with E-state index < -0.39 is 5.97 Å². The van der Waals surface area contributed by atoms with E-state index in [1.807, 2.05) is 18.2 Å². The summed E-state index contributed by atoms with van der Waals surface area (Å²) in [7, 11) is 4.49. The zero-order valence-electron chi connectivity index (χ0n) is 12.8. The topological polar surface area (TPSA) is 44.8 Å². The average Bonchev–Trinajstić information content (AvgIpc) is 2.59. The lowest BCUT2D eigenvalue weighted by molar-refractivity contribution is 0.0599. The number of hydrogen-bond acceptors (Lipinski definition) is 5. The van der Waals surface area contributed by atoms with E-state index in [4.69, 9.17) is 14.2 Å². The summed E-state index contributed by atoms with van der Waals surface area (Å²) >= 11 is 1.60. The van der Waals surface area contributed by atoms with Gasteiger partial charge in [-0.05, 0) is 17.7 Å². The molecule has 4 nitrogen and oxygen atoms in total. The van der Waals surface area contributed by atoms with E-state index in [1.54, 1.807) is 38.1 Å². The van der Waals surface area contributed by atoms with Gasteiger partial charge in [-0.1, -0.05) is 30.3 Å². The maximum Gasteiger partial charge on any atom is 0.338 e. The van der Waals surface area contributed by atoms with Crippen molar-refractivity contribution in [3.63, 3.8) is 0 Å². The lowest BCUT2D eigenvalue weighted by Crippen LogP contribution is -2.03. The van der Waals surface area contributed by atoms with Crippen LogP contribution in [0.15, 0.2) is 47.4 Å². The maximum atomic E-state index is 11.7. The molecule has 0 aliphatic heterocycles. The molecule has 2 rings (SSSR count). The van der Waals surface area contributed by atoms with Crippen LogP contribution in [0.1, 0.15) is 15.9 Å². The predicted molar refractivity (Wildman–Crippen MR) is 86.9 cm³/mol. The number of carbonyl (C=O) groups excluding carboxylic acids is 1. The number of rotatable bonds is 6. The number of methoxy groups -OCH3 is 3. The van der Waals surface area contributed by atoms with Crippen LogP contribution in [0.4, 0.5) is 0 Å². The number of carbonyl (C=O) groups is 1. The Hall–Kier alpha value is -2.14. The SMILES string of the molecule is COC(=O)c1cc(OC)c(SCc2ccccc2)c(OC)c1. The lowest BCUT2D eigenvalue weighted by atomic mass is 10.2. The van der Waals surface area contributed by atoms with Crippen LogP contribution in [-0.2, 0) is 10.5 Å². The normalized spacial score (nSPS) is 10.1. The molecule has 0 aromatic heterocycles. The van der Waals surface area contributed by atoms with Crippen molar-refractivity contribution >= 4 is 17.7 Å². The molecular weight excluding hydrogens is 300 g/mol. The molecule has 0 unspecified atom stereocenters. The van der Waals surface area contributed by atoms with Crippen LogP contribution in [0.25, 0.3) is 0 Å². The van der Waals surface area contributed by atoms with E-state index in [0.717, 1.165) is 10.6 Å². The molecule has 0 saturated heterocycles. The summed E-state index contributed by atoms with van der Waals surface area (Å²) in [4.78, 5) is 12.6. The lowest BCUT2D eigenvalue weighted by Gasteiger charge is -2.14. The minimum absolute atomic E-state index is 0.403. The molecule has 0 atom stereocenters. The molecule has 22 heavy (non-hydrogen) atoms. The van der Waals surface area contributed by atoms with E-state index in [-0.39, 0.29) is 0 Å². The molecule has 5 heteroatoms. The first-order valence-electron chi connectivity index (χ1n) is 6.70. The highest BCUT2D eigenvalue weighted by Crippen LogP contribution is 2.40. The molecule has 0 saturated carbocycles. The summed E-state index contributed by atoms with van der Waals surface area (Å²) in [5.74, 6) is 1.56. The van der Waals surface area contributed by atoms with Gasteiger partial charge in [0.25, 0.3) is 0 Å². The van der Waals surface area contributed by atoms with Crippen molar-refractivity contribution in [2.75, 3.05) is 21.3 Å². The van der Waals surface area contributed by atoms with Crippen LogP contribution in [-0.4, -0.2) is 27.3 Å². The van der Waals surface area contributed by atoms with E-state index >= 15 is 0 Å². The molecule has 2 aromatic rings. The second-order valence-electron chi connectivity index (χ2n) is 4.48. The number of benzene rings is 2. The van der Waals surface area contributed by atoms with Crippen molar-refractivity contribution in [2.45, 2.75) is 10.6 Å². The van der Waals surface area contributed by atoms with Crippen LogP contribution >= 0.6 is 11.8 Å². The highest BCUT2D eigenvalue weighted by Gasteiger charge is 2.17. The smallest absolute Gasteiger partial charge is 0.338 e. The van der Waals surface area contributed by atoms with E-state index in [9.17, 15) is 4.79 Å². The van der Waals surface area contributed by atoms with Crippen molar-refractivity contribution < 1.29 is 19.0 Å². The minimum atomic E-state index is -0.420. The van der Waals surface area contributed by atoms with Gasteiger partial charge in [0, 0.05) is 5.75 Å². The standard InChI is InChI=1S/C17H18O4S/c1-19-14-9-13(17(18)21-3)10-15(20-2)16(14)22-11-12-7-5-4-6-8-12/h4-10H,11H2,1-3H3. The molecule has 0 N–H and O–H groups in total. The van der Waals surface area contributed by atoms with Crippen LogP contribution in [0.2, 0.25) is 0 Å². The first-order valence-corrected chi connectivity index (χ1v) is 7.69. The van der Waals surface area contributed by atoms with Crippen molar-refractivity contribution in [3.05, 3.63) is 53.6 Å². The first kappa shape index (κ1) is 16.2. The van der Waals surface area contributed by atoms with Gasteiger partial charge < -0.3 is 14.2 Å². The van der Waals surface area contributed by atoms with Gasteiger partial charge in [-0.15, -0.1) is 11.8 Å². The third-order valence-corrected chi connectivity index (χ3v) is 4.28. The van der Waals surface area contributed by atoms with Gasteiger partial charge in [0.05, 0.1) is 31.8 Å². The summed E-state index contributed by atoms with van der Waals surface area (Å²) < 4.78 is 15.6. The number of esters is 1. The number of ether oxygens (including phenoxy) is 3. The Bertz CT molecular complexity index is 615. The summed E-state index contributed by atoms with van der Waals surface area (Å²) in [6, 6.07) is 13.5. The third-order valence-electron chi connectivity index (χ3n) is 3.11. The molecule has 0 heterocycles. The zero-order chi connectivity index (χ0) is 15.9. The summed E-state index contributed by atoms with van der Waals surface area (Å²) in [5.41, 5.74) is 1.61. The van der Waals surface area contributed by atoms with E-state index in [1.165, 1.54) is 12.7 Å². The molecule has 2 aromatic carbocycles. The average molecular weight is 318 g/mol. The van der Waals surface area contributed by atoms with Crippen LogP contribution in [0.5, 0.6) is 11.5 Å². The second kappa shape index (κ2) is 7.75. The van der Waals surface area contributed by atoms with Gasteiger partial charge in [-0.3, -0.25) is 0 Å². The van der Waals surface area contributed by atoms with Gasteiger partial charge in [0.1, 0.15) is 11.5 Å². The molecular formula is C17H18O4S. The third kappa shape index (κ3) is 3.74.